The molecule has 0 heterocycles. The minimum atomic E-state index is -3.14. The first kappa shape index (κ1) is 16.5. The SMILES string of the molecule is CCNS(=O)(=O)CCNC(C)c1ccc(SC)cc1. The summed E-state index contributed by atoms with van der Waals surface area (Å²) in [6.45, 7) is 4.70. The van der Waals surface area contributed by atoms with Crippen molar-refractivity contribution in [2.45, 2.75) is 24.8 Å². The quantitative estimate of drug-likeness (QED) is 0.721. The summed E-state index contributed by atoms with van der Waals surface area (Å²) in [5, 5.41) is 3.22. The molecule has 0 saturated heterocycles. The van der Waals surface area contributed by atoms with Crippen molar-refractivity contribution >= 4 is 21.8 Å². The predicted octanol–water partition coefficient (Wildman–Crippen LogP) is 2.00. The summed E-state index contributed by atoms with van der Waals surface area (Å²) in [5.41, 5.74) is 1.17. The normalized spacial score (nSPS) is 13.4. The van der Waals surface area contributed by atoms with Crippen LogP contribution in [0.2, 0.25) is 0 Å². The van der Waals surface area contributed by atoms with Gasteiger partial charge in [0.2, 0.25) is 10.0 Å². The lowest BCUT2D eigenvalue weighted by atomic mass is 10.1. The van der Waals surface area contributed by atoms with Crippen LogP contribution >= 0.6 is 11.8 Å². The van der Waals surface area contributed by atoms with E-state index in [9.17, 15) is 8.42 Å². The van der Waals surface area contributed by atoms with E-state index in [-0.39, 0.29) is 11.8 Å². The van der Waals surface area contributed by atoms with Crippen LogP contribution in [0.15, 0.2) is 29.2 Å². The molecule has 1 unspecified atom stereocenters. The molecule has 1 rings (SSSR count). The van der Waals surface area contributed by atoms with Gasteiger partial charge in [-0.2, -0.15) is 0 Å². The first-order valence-electron chi connectivity index (χ1n) is 6.33. The smallest absolute Gasteiger partial charge is 0.212 e. The number of hydrogen-bond acceptors (Lipinski definition) is 4. The Morgan fingerprint density at radius 1 is 1.26 bits per heavy atom. The van der Waals surface area contributed by atoms with Crippen molar-refractivity contribution in [1.82, 2.24) is 10.0 Å². The molecule has 0 saturated carbocycles. The van der Waals surface area contributed by atoms with Crippen LogP contribution in [0.25, 0.3) is 0 Å². The lowest BCUT2D eigenvalue weighted by molar-refractivity contribution is 0.564. The summed E-state index contributed by atoms with van der Waals surface area (Å²) in [4.78, 5) is 1.23. The van der Waals surface area contributed by atoms with Crippen molar-refractivity contribution in [2.24, 2.45) is 0 Å². The Morgan fingerprint density at radius 3 is 2.42 bits per heavy atom. The number of hydrogen-bond donors (Lipinski definition) is 2. The van der Waals surface area contributed by atoms with E-state index in [2.05, 4.69) is 34.3 Å². The maximum absolute atomic E-state index is 11.5. The van der Waals surface area contributed by atoms with Gasteiger partial charge in [-0.1, -0.05) is 19.1 Å². The predicted molar refractivity (Wildman–Crippen MR) is 82.1 cm³/mol. The van der Waals surface area contributed by atoms with Gasteiger partial charge in [-0.3, -0.25) is 0 Å². The second kappa shape index (κ2) is 7.89. The largest absolute Gasteiger partial charge is 0.309 e. The molecule has 19 heavy (non-hydrogen) atoms. The van der Waals surface area contributed by atoms with E-state index in [0.29, 0.717) is 13.1 Å². The van der Waals surface area contributed by atoms with Gasteiger partial charge in [-0.05, 0) is 30.9 Å². The standard InChI is InChI=1S/C13H22N2O2S2/c1-4-15-19(16,17)10-9-14-11(2)12-5-7-13(18-3)8-6-12/h5-8,11,14-15H,4,9-10H2,1-3H3. The highest BCUT2D eigenvalue weighted by atomic mass is 32.2. The van der Waals surface area contributed by atoms with Crippen LogP contribution in [0.3, 0.4) is 0 Å². The van der Waals surface area contributed by atoms with Crippen LogP contribution in [-0.4, -0.2) is 33.5 Å². The van der Waals surface area contributed by atoms with E-state index in [1.165, 1.54) is 10.5 Å². The zero-order chi connectivity index (χ0) is 14.3. The van der Waals surface area contributed by atoms with E-state index < -0.39 is 10.0 Å². The Hall–Kier alpha value is -0.560. The molecule has 1 atom stereocenters. The second-order valence-corrected chi connectivity index (χ2v) is 7.07. The third-order valence-corrected chi connectivity index (χ3v) is 5.02. The van der Waals surface area contributed by atoms with Crippen molar-refractivity contribution < 1.29 is 8.42 Å². The fourth-order valence-electron chi connectivity index (χ4n) is 1.71. The third kappa shape index (κ3) is 5.95. The Bertz CT molecular complexity index is 472. The van der Waals surface area contributed by atoms with Gasteiger partial charge in [0.25, 0.3) is 0 Å². The van der Waals surface area contributed by atoms with Gasteiger partial charge < -0.3 is 5.32 Å². The zero-order valence-corrected chi connectivity index (χ0v) is 13.3. The first-order chi connectivity index (χ1) is 8.98. The van der Waals surface area contributed by atoms with Crippen molar-refractivity contribution in [1.29, 1.82) is 0 Å². The molecule has 1 aromatic rings. The van der Waals surface area contributed by atoms with Gasteiger partial charge in [0.15, 0.2) is 0 Å². The van der Waals surface area contributed by atoms with Gasteiger partial charge in [0.1, 0.15) is 0 Å². The molecule has 0 aliphatic carbocycles. The van der Waals surface area contributed by atoms with E-state index in [1.807, 2.05) is 13.2 Å². The van der Waals surface area contributed by atoms with Crippen molar-refractivity contribution in [3.63, 3.8) is 0 Å². The Balaban J connectivity index is 2.44. The molecule has 0 bridgehead atoms. The van der Waals surface area contributed by atoms with E-state index >= 15 is 0 Å². The number of benzene rings is 1. The highest BCUT2D eigenvalue weighted by Crippen LogP contribution is 2.18. The Kier molecular flexibility index (Phi) is 6.85. The van der Waals surface area contributed by atoms with Gasteiger partial charge in [0.05, 0.1) is 5.75 Å². The van der Waals surface area contributed by atoms with E-state index in [0.717, 1.165) is 0 Å². The highest BCUT2D eigenvalue weighted by Gasteiger charge is 2.10. The van der Waals surface area contributed by atoms with Crippen LogP contribution in [0, 0.1) is 0 Å². The van der Waals surface area contributed by atoms with Crippen LogP contribution in [-0.2, 0) is 10.0 Å². The van der Waals surface area contributed by atoms with Gasteiger partial charge in [-0.25, -0.2) is 13.1 Å². The minimum absolute atomic E-state index is 0.105. The highest BCUT2D eigenvalue weighted by molar-refractivity contribution is 7.98. The summed E-state index contributed by atoms with van der Waals surface area (Å²) in [5.74, 6) is 0.105. The van der Waals surface area contributed by atoms with Gasteiger partial charge >= 0.3 is 0 Å². The minimum Gasteiger partial charge on any atom is -0.309 e. The lowest BCUT2D eigenvalue weighted by Gasteiger charge is -2.14. The molecule has 1 aromatic carbocycles. The van der Waals surface area contributed by atoms with E-state index in [4.69, 9.17) is 0 Å². The lowest BCUT2D eigenvalue weighted by Crippen LogP contribution is -2.32. The molecule has 0 radical (unpaired) electrons. The van der Waals surface area contributed by atoms with Crippen LogP contribution < -0.4 is 10.0 Å². The van der Waals surface area contributed by atoms with Gasteiger partial charge in [-0.15, -0.1) is 11.8 Å². The fraction of sp³-hybridized carbons (Fsp3) is 0.538. The maximum atomic E-state index is 11.5. The molecule has 4 nitrogen and oxygen atoms in total. The number of nitrogens with one attached hydrogen (secondary N) is 2. The zero-order valence-electron chi connectivity index (χ0n) is 11.6. The first-order valence-corrected chi connectivity index (χ1v) is 9.21. The molecule has 0 fully saturated rings. The molecule has 0 aliphatic rings. The fourth-order valence-corrected chi connectivity index (χ4v) is 3.09. The summed E-state index contributed by atoms with van der Waals surface area (Å²) in [6.07, 6.45) is 2.04. The molecule has 2 N–H and O–H groups in total. The van der Waals surface area contributed by atoms with Crippen molar-refractivity contribution in [3.05, 3.63) is 29.8 Å². The molecule has 0 aliphatic heterocycles. The Morgan fingerprint density at radius 2 is 1.89 bits per heavy atom. The molecule has 0 amide bonds. The number of rotatable bonds is 8. The van der Waals surface area contributed by atoms with Crippen LogP contribution in [0.4, 0.5) is 0 Å². The molecule has 108 valence electrons. The second-order valence-electron chi connectivity index (χ2n) is 4.27. The number of sulfonamides is 1. The van der Waals surface area contributed by atoms with Crippen LogP contribution in [0.5, 0.6) is 0 Å². The molecular weight excluding hydrogens is 280 g/mol. The molecule has 6 heteroatoms. The monoisotopic (exact) mass is 302 g/mol. The van der Waals surface area contributed by atoms with E-state index in [1.54, 1.807) is 18.7 Å². The molecule has 0 spiro atoms. The summed E-state index contributed by atoms with van der Waals surface area (Å²) in [6, 6.07) is 8.44. The summed E-state index contributed by atoms with van der Waals surface area (Å²) < 4.78 is 25.4. The maximum Gasteiger partial charge on any atom is 0.212 e. The summed E-state index contributed by atoms with van der Waals surface area (Å²) >= 11 is 1.71. The van der Waals surface area contributed by atoms with Crippen molar-refractivity contribution in [2.75, 3.05) is 25.1 Å². The summed E-state index contributed by atoms with van der Waals surface area (Å²) in [7, 11) is -3.14. The molecular formula is C13H22N2O2S2. The van der Waals surface area contributed by atoms with Gasteiger partial charge in [0, 0.05) is 24.0 Å². The van der Waals surface area contributed by atoms with Crippen molar-refractivity contribution in [3.8, 4) is 0 Å². The average molecular weight is 302 g/mol. The Labute approximate surface area is 120 Å². The molecule has 0 aromatic heterocycles. The van der Waals surface area contributed by atoms with Crippen LogP contribution in [0.1, 0.15) is 25.5 Å². The topological polar surface area (TPSA) is 58.2 Å². The number of thioether (sulfide) groups is 1. The average Bonchev–Trinajstić information content (AvgIpc) is 2.38. The third-order valence-electron chi connectivity index (χ3n) is 2.80.